The Morgan fingerprint density at radius 1 is 1.09 bits per heavy atom. The first-order valence-corrected chi connectivity index (χ1v) is 11.9. The molecule has 2 aromatic carbocycles. The van der Waals surface area contributed by atoms with Gasteiger partial charge in [0.25, 0.3) is 0 Å². The molecular formula is C27H32N4O2. The summed E-state index contributed by atoms with van der Waals surface area (Å²) >= 11 is 0. The molecular weight excluding hydrogens is 412 g/mol. The van der Waals surface area contributed by atoms with Gasteiger partial charge in [0.15, 0.2) is 0 Å². The van der Waals surface area contributed by atoms with Crippen LogP contribution in [0.15, 0.2) is 48.8 Å². The van der Waals surface area contributed by atoms with Crippen LogP contribution in [0.5, 0.6) is 5.75 Å². The van der Waals surface area contributed by atoms with Crippen LogP contribution in [0.4, 0.5) is 0 Å². The Morgan fingerprint density at radius 3 is 2.70 bits per heavy atom. The van der Waals surface area contributed by atoms with Gasteiger partial charge in [0.1, 0.15) is 5.75 Å². The highest BCUT2D eigenvalue weighted by atomic mass is 16.5. The number of aromatic nitrogens is 2. The number of H-pyrrole nitrogens is 2. The summed E-state index contributed by atoms with van der Waals surface area (Å²) in [5.41, 5.74) is 10.9. The molecule has 0 aliphatic carbocycles. The van der Waals surface area contributed by atoms with Gasteiger partial charge in [-0.2, -0.15) is 0 Å². The van der Waals surface area contributed by atoms with Crippen LogP contribution >= 0.6 is 0 Å². The molecule has 1 fully saturated rings. The van der Waals surface area contributed by atoms with Crippen molar-refractivity contribution in [1.29, 1.82) is 0 Å². The van der Waals surface area contributed by atoms with Gasteiger partial charge in [-0.25, -0.2) is 0 Å². The van der Waals surface area contributed by atoms with Crippen molar-refractivity contribution in [3.05, 3.63) is 65.5 Å². The van der Waals surface area contributed by atoms with Crippen molar-refractivity contribution >= 4 is 27.7 Å². The number of unbranched alkanes of at least 4 members (excludes halogenated alkanes) is 1. The number of carbonyl (C=O) groups is 1. The normalized spacial score (nSPS) is 15.4. The Bertz CT molecular complexity index is 1260. The number of carbonyl (C=O) groups excluding carboxylic acids is 1. The van der Waals surface area contributed by atoms with Crippen LogP contribution < -0.4 is 10.5 Å². The van der Waals surface area contributed by atoms with Gasteiger partial charge in [0.2, 0.25) is 5.91 Å². The number of methoxy groups -OCH3 is 1. The minimum Gasteiger partial charge on any atom is -0.496 e. The standard InChI is InChI=1S/C27H32N4O2/c1-33-25-7-4-6-24-26(25)20(16-29-24)5-2-3-12-31-13-10-18(11-14-31)22-17-30-23-9-8-19(27(28)32)15-21(22)23/h4,6-9,15-18,29-30H,2-3,5,10-14H2,1H3,(H2,28,32). The van der Waals surface area contributed by atoms with Gasteiger partial charge in [-0.3, -0.25) is 4.79 Å². The summed E-state index contributed by atoms with van der Waals surface area (Å²) < 4.78 is 5.56. The Kier molecular flexibility index (Phi) is 6.09. The van der Waals surface area contributed by atoms with E-state index in [4.69, 9.17) is 10.5 Å². The number of nitrogens with one attached hydrogen (secondary N) is 2. The molecule has 1 amide bonds. The number of fused-ring (bicyclic) bond motifs is 2. The van der Waals surface area contributed by atoms with Gasteiger partial charge in [0.05, 0.1) is 7.11 Å². The molecule has 0 unspecified atom stereocenters. The molecule has 0 radical (unpaired) electrons. The van der Waals surface area contributed by atoms with Crippen molar-refractivity contribution in [2.75, 3.05) is 26.7 Å². The number of aryl methyl sites for hydroxylation is 1. The first-order chi connectivity index (χ1) is 16.1. The number of piperidine rings is 1. The fourth-order valence-corrected chi connectivity index (χ4v) is 5.34. The zero-order valence-corrected chi connectivity index (χ0v) is 19.2. The molecule has 1 saturated heterocycles. The number of likely N-dealkylation sites (tertiary alicyclic amines) is 1. The van der Waals surface area contributed by atoms with Crippen molar-refractivity contribution in [2.45, 2.75) is 38.0 Å². The van der Waals surface area contributed by atoms with Crippen molar-refractivity contribution < 1.29 is 9.53 Å². The second-order valence-electron chi connectivity index (χ2n) is 9.14. The van der Waals surface area contributed by atoms with E-state index in [9.17, 15) is 4.79 Å². The second kappa shape index (κ2) is 9.32. The fraction of sp³-hybridized carbons (Fsp3) is 0.370. The van der Waals surface area contributed by atoms with Crippen LogP contribution in [0.3, 0.4) is 0 Å². The number of primary amides is 1. The Morgan fingerprint density at radius 2 is 1.91 bits per heavy atom. The van der Waals surface area contributed by atoms with Crippen molar-refractivity contribution in [2.24, 2.45) is 5.73 Å². The Hall–Kier alpha value is -3.25. The predicted molar refractivity (Wildman–Crippen MR) is 133 cm³/mol. The maximum atomic E-state index is 11.6. The van der Waals surface area contributed by atoms with Gasteiger partial charge in [-0.15, -0.1) is 0 Å². The summed E-state index contributed by atoms with van der Waals surface area (Å²) in [5, 5.41) is 2.36. The van der Waals surface area contributed by atoms with E-state index in [1.54, 1.807) is 13.2 Å². The fourth-order valence-electron chi connectivity index (χ4n) is 5.34. The lowest BCUT2D eigenvalue weighted by molar-refractivity contribution is 0.100. The lowest BCUT2D eigenvalue weighted by Gasteiger charge is -2.32. The highest BCUT2D eigenvalue weighted by Gasteiger charge is 2.23. The van der Waals surface area contributed by atoms with E-state index in [-0.39, 0.29) is 5.91 Å². The number of hydrogen-bond acceptors (Lipinski definition) is 3. The van der Waals surface area contributed by atoms with E-state index in [2.05, 4.69) is 33.3 Å². The zero-order valence-electron chi connectivity index (χ0n) is 19.2. The summed E-state index contributed by atoms with van der Waals surface area (Å²) in [5.74, 6) is 1.10. The van der Waals surface area contributed by atoms with E-state index in [1.165, 1.54) is 29.4 Å². The largest absolute Gasteiger partial charge is 0.496 e. The number of hydrogen-bond donors (Lipinski definition) is 3. The average molecular weight is 445 g/mol. The molecule has 172 valence electrons. The van der Waals surface area contributed by atoms with E-state index in [0.717, 1.165) is 61.1 Å². The number of nitrogens with two attached hydrogens (primary N) is 1. The summed E-state index contributed by atoms with van der Waals surface area (Å²) in [4.78, 5) is 20.9. The molecule has 0 bridgehead atoms. The molecule has 6 heteroatoms. The van der Waals surface area contributed by atoms with Gasteiger partial charge in [-0.05, 0) is 99.1 Å². The number of amides is 1. The number of aromatic amines is 2. The highest BCUT2D eigenvalue weighted by Crippen LogP contribution is 2.34. The number of benzene rings is 2. The highest BCUT2D eigenvalue weighted by molar-refractivity contribution is 5.98. The molecule has 3 heterocycles. The first kappa shape index (κ1) is 21.6. The molecule has 1 aliphatic heterocycles. The average Bonchev–Trinajstić information content (AvgIpc) is 3.46. The topological polar surface area (TPSA) is 87.1 Å². The lowest BCUT2D eigenvalue weighted by Crippen LogP contribution is -2.33. The molecule has 1 aliphatic rings. The molecule has 0 spiro atoms. The number of nitrogens with zero attached hydrogens (tertiary/aromatic N) is 1. The summed E-state index contributed by atoms with van der Waals surface area (Å²) in [7, 11) is 1.74. The van der Waals surface area contributed by atoms with E-state index < -0.39 is 0 Å². The quantitative estimate of drug-likeness (QED) is 0.336. The maximum Gasteiger partial charge on any atom is 0.248 e. The Labute approximate surface area is 194 Å². The van der Waals surface area contributed by atoms with Crippen LogP contribution in [0, 0.1) is 0 Å². The monoisotopic (exact) mass is 444 g/mol. The first-order valence-electron chi connectivity index (χ1n) is 11.9. The van der Waals surface area contributed by atoms with Crippen LogP contribution in [-0.2, 0) is 6.42 Å². The van der Waals surface area contributed by atoms with E-state index in [0.29, 0.717) is 11.5 Å². The smallest absolute Gasteiger partial charge is 0.248 e. The molecule has 4 aromatic rings. The minimum absolute atomic E-state index is 0.370. The van der Waals surface area contributed by atoms with Gasteiger partial charge < -0.3 is 25.3 Å². The van der Waals surface area contributed by atoms with Gasteiger partial charge in [0, 0.05) is 39.8 Å². The Balaban J connectivity index is 1.13. The molecule has 5 rings (SSSR count). The SMILES string of the molecule is COc1cccc2[nH]cc(CCCCN3CCC(c4c[nH]c5ccc(C(N)=O)cc45)CC3)c12. The van der Waals surface area contributed by atoms with Crippen LogP contribution in [0.2, 0.25) is 0 Å². The predicted octanol–water partition coefficient (Wildman–Crippen LogP) is 4.96. The maximum absolute atomic E-state index is 11.6. The summed E-state index contributed by atoms with van der Waals surface area (Å²) in [6, 6.07) is 11.9. The molecule has 0 atom stereocenters. The molecule has 4 N–H and O–H groups in total. The van der Waals surface area contributed by atoms with E-state index >= 15 is 0 Å². The molecule has 33 heavy (non-hydrogen) atoms. The van der Waals surface area contributed by atoms with Gasteiger partial charge >= 0.3 is 0 Å². The summed E-state index contributed by atoms with van der Waals surface area (Å²) in [6.07, 6.45) is 9.97. The summed E-state index contributed by atoms with van der Waals surface area (Å²) in [6.45, 7) is 3.38. The van der Waals surface area contributed by atoms with Crippen LogP contribution in [0.25, 0.3) is 21.8 Å². The zero-order chi connectivity index (χ0) is 22.8. The van der Waals surface area contributed by atoms with Crippen LogP contribution in [-0.4, -0.2) is 47.5 Å². The third-order valence-corrected chi connectivity index (χ3v) is 7.17. The minimum atomic E-state index is -0.370. The second-order valence-corrected chi connectivity index (χ2v) is 9.14. The third-order valence-electron chi connectivity index (χ3n) is 7.17. The number of rotatable bonds is 8. The van der Waals surface area contributed by atoms with Crippen molar-refractivity contribution in [1.82, 2.24) is 14.9 Å². The molecule has 2 aromatic heterocycles. The lowest BCUT2D eigenvalue weighted by atomic mass is 9.88. The van der Waals surface area contributed by atoms with Crippen molar-refractivity contribution in [3.8, 4) is 5.75 Å². The molecule has 6 nitrogen and oxygen atoms in total. The van der Waals surface area contributed by atoms with Crippen molar-refractivity contribution in [3.63, 3.8) is 0 Å². The third kappa shape index (κ3) is 4.35. The van der Waals surface area contributed by atoms with E-state index in [1.807, 2.05) is 24.3 Å². The van der Waals surface area contributed by atoms with Crippen LogP contribution in [0.1, 0.15) is 53.1 Å². The van der Waals surface area contributed by atoms with Gasteiger partial charge in [-0.1, -0.05) is 6.07 Å². The molecule has 0 saturated carbocycles. The number of ether oxygens (including phenoxy) is 1.